The quantitative estimate of drug-likeness (QED) is 0.298. The van der Waals surface area contributed by atoms with Crippen molar-refractivity contribution in [2.24, 2.45) is 15.9 Å². The van der Waals surface area contributed by atoms with Gasteiger partial charge in [-0.3, -0.25) is 10.4 Å². The van der Waals surface area contributed by atoms with Crippen molar-refractivity contribution in [2.45, 2.75) is 13.3 Å². The molecule has 0 bridgehead atoms. The lowest BCUT2D eigenvalue weighted by Gasteiger charge is -2.03. The third-order valence-corrected chi connectivity index (χ3v) is 2.25. The Morgan fingerprint density at radius 1 is 1.60 bits per heavy atom. The van der Waals surface area contributed by atoms with E-state index in [0.717, 1.165) is 5.57 Å². The fourth-order valence-corrected chi connectivity index (χ4v) is 1.23. The summed E-state index contributed by atoms with van der Waals surface area (Å²) in [5, 5.41) is 14.1. The van der Waals surface area contributed by atoms with Gasteiger partial charge in [-0.25, -0.2) is 0 Å². The number of aliphatic imine (C=N–C) groups is 1. The third-order valence-electron chi connectivity index (χ3n) is 1.56. The minimum atomic E-state index is 0.466. The first-order valence-corrected chi connectivity index (χ1v) is 5.60. The van der Waals surface area contributed by atoms with Crippen LogP contribution in [0.4, 0.5) is 0 Å². The molecule has 0 spiro atoms. The van der Waals surface area contributed by atoms with Gasteiger partial charge in [-0.15, -0.1) is 0 Å². The second kappa shape index (κ2) is 8.39. The van der Waals surface area contributed by atoms with Crippen molar-refractivity contribution < 1.29 is 0 Å². The molecular formula is C9H16IN5. The van der Waals surface area contributed by atoms with E-state index in [1.807, 2.05) is 29.5 Å². The van der Waals surface area contributed by atoms with Gasteiger partial charge in [0, 0.05) is 38.0 Å². The average molecular weight is 321 g/mol. The first-order chi connectivity index (χ1) is 7.15. The van der Waals surface area contributed by atoms with Gasteiger partial charge in [0.25, 0.3) is 0 Å². The molecule has 0 aliphatic rings. The Bertz CT molecular complexity index is 293. The Morgan fingerprint density at radius 2 is 2.27 bits per heavy atom. The molecule has 6 heteroatoms. The van der Waals surface area contributed by atoms with Gasteiger partial charge in [0.2, 0.25) is 0 Å². The summed E-state index contributed by atoms with van der Waals surface area (Å²) in [5.41, 5.74) is 1.50. The molecule has 15 heavy (non-hydrogen) atoms. The number of nitrogens with one attached hydrogen (secondary N) is 2. The van der Waals surface area contributed by atoms with Gasteiger partial charge in [0.15, 0.2) is 0 Å². The van der Waals surface area contributed by atoms with E-state index in [4.69, 9.17) is 11.3 Å². The first-order valence-electron chi connectivity index (χ1n) is 4.53. The summed E-state index contributed by atoms with van der Waals surface area (Å²) in [6.07, 6.45) is 3.92. The second-order valence-electron chi connectivity index (χ2n) is 2.70. The van der Waals surface area contributed by atoms with E-state index in [1.165, 1.54) is 0 Å². The molecule has 0 fully saturated rings. The van der Waals surface area contributed by atoms with Crippen molar-refractivity contribution in [3.63, 3.8) is 0 Å². The summed E-state index contributed by atoms with van der Waals surface area (Å²) in [7, 11) is 1.79. The zero-order chi connectivity index (χ0) is 11.7. The molecule has 0 aromatic rings. The van der Waals surface area contributed by atoms with E-state index < -0.39 is 0 Å². The van der Waals surface area contributed by atoms with Crippen LogP contribution in [-0.2, 0) is 0 Å². The molecule has 0 aliphatic heterocycles. The van der Waals surface area contributed by atoms with E-state index in [0.29, 0.717) is 22.4 Å². The van der Waals surface area contributed by atoms with Crippen molar-refractivity contribution >= 4 is 38.2 Å². The molecule has 0 aromatic heterocycles. The molecule has 0 atom stereocenters. The SMILES string of the molecule is CCN=CC(C/C(=C/NC)C(=N)I)=NN. The Morgan fingerprint density at radius 3 is 2.67 bits per heavy atom. The molecular weight excluding hydrogens is 305 g/mol. The lowest BCUT2D eigenvalue weighted by atomic mass is 10.1. The number of hydrogen-bond acceptors (Lipinski definition) is 5. The normalized spacial score (nSPS) is 13.3. The fourth-order valence-electron chi connectivity index (χ4n) is 0.883. The third kappa shape index (κ3) is 6.21. The molecule has 0 saturated carbocycles. The summed E-state index contributed by atoms with van der Waals surface area (Å²) in [5.74, 6) is 5.23. The van der Waals surface area contributed by atoms with E-state index in [9.17, 15) is 0 Å². The maximum Gasteiger partial charge on any atom is 0.0970 e. The zero-order valence-electron chi connectivity index (χ0n) is 8.92. The Labute approximate surface area is 104 Å². The van der Waals surface area contributed by atoms with Gasteiger partial charge in [0.1, 0.15) is 0 Å². The summed E-state index contributed by atoms with van der Waals surface area (Å²) in [6, 6.07) is 0. The summed E-state index contributed by atoms with van der Waals surface area (Å²) >= 11 is 1.95. The number of hydrazone groups is 1. The molecule has 84 valence electrons. The Balaban J connectivity index is 4.58. The summed E-state index contributed by atoms with van der Waals surface area (Å²) in [6.45, 7) is 2.64. The zero-order valence-corrected chi connectivity index (χ0v) is 11.1. The second-order valence-corrected chi connectivity index (χ2v) is 3.78. The molecule has 0 unspecified atom stereocenters. The highest BCUT2D eigenvalue weighted by atomic mass is 127. The van der Waals surface area contributed by atoms with Gasteiger partial charge < -0.3 is 11.2 Å². The van der Waals surface area contributed by atoms with Gasteiger partial charge in [-0.1, -0.05) is 0 Å². The largest absolute Gasteiger partial charge is 0.394 e. The highest BCUT2D eigenvalue weighted by Gasteiger charge is 2.05. The Kier molecular flexibility index (Phi) is 7.88. The summed E-state index contributed by atoms with van der Waals surface area (Å²) in [4.78, 5) is 4.06. The van der Waals surface area contributed by atoms with Crippen LogP contribution in [0, 0.1) is 5.41 Å². The number of allylic oxidation sites excluding steroid dienone is 1. The smallest absolute Gasteiger partial charge is 0.0970 e. The number of nitrogens with zero attached hydrogens (tertiary/aromatic N) is 2. The minimum Gasteiger partial charge on any atom is -0.394 e. The van der Waals surface area contributed by atoms with Crippen LogP contribution in [0.3, 0.4) is 0 Å². The van der Waals surface area contributed by atoms with E-state index in [1.54, 1.807) is 19.5 Å². The average Bonchev–Trinajstić information content (AvgIpc) is 2.22. The van der Waals surface area contributed by atoms with Gasteiger partial charge in [-0.05, 0) is 29.5 Å². The maximum atomic E-state index is 7.54. The molecule has 0 aromatic carbocycles. The summed E-state index contributed by atoms with van der Waals surface area (Å²) < 4.78 is 0.466. The molecule has 0 saturated heterocycles. The van der Waals surface area contributed by atoms with Crippen LogP contribution >= 0.6 is 22.6 Å². The lowest BCUT2D eigenvalue weighted by Crippen LogP contribution is -2.10. The number of nitrogens with two attached hydrogens (primary N) is 1. The number of hydrogen-bond donors (Lipinski definition) is 3. The molecule has 5 nitrogen and oxygen atoms in total. The number of halogens is 1. The van der Waals surface area contributed by atoms with E-state index in [-0.39, 0.29) is 0 Å². The standard InChI is InChI=1S/C9H16IN5/c1-3-14-6-8(15-12)4-7(5-13-2)9(10)11/h5-6,11,13H,3-4,12H2,1-2H3/b7-5-,11-9?,14-6?,15-8?. The van der Waals surface area contributed by atoms with Gasteiger partial charge in [-0.2, -0.15) is 5.10 Å². The van der Waals surface area contributed by atoms with Crippen molar-refractivity contribution in [3.05, 3.63) is 11.8 Å². The highest BCUT2D eigenvalue weighted by molar-refractivity contribution is 14.1. The van der Waals surface area contributed by atoms with Crippen molar-refractivity contribution in [1.82, 2.24) is 5.32 Å². The van der Waals surface area contributed by atoms with Crippen molar-refractivity contribution in [1.29, 1.82) is 5.41 Å². The first kappa shape index (κ1) is 14.1. The minimum absolute atomic E-state index is 0.466. The van der Waals surface area contributed by atoms with Crippen molar-refractivity contribution in [2.75, 3.05) is 13.6 Å². The van der Waals surface area contributed by atoms with Crippen LogP contribution in [0.25, 0.3) is 0 Å². The molecule has 0 rings (SSSR count). The number of rotatable bonds is 6. The van der Waals surface area contributed by atoms with Gasteiger partial charge >= 0.3 is 0 Å². The monoisotopic (exact) mass is 321 g/mol. The Hall–Kier alpha value is -0.920. The van der Waals surface area contributed by atoms with Crippen LogP contribution in [0.1, 0.15) is 13.3 Å². The lowest BCUT2D eigenvalue weighted by molar-refractivity contribution is 1.08. The van der Waals surface area contributed by atoms with Crippen LogP contribution in [-0.4, -0.2) is 29.2 Å². The topological polar surface area (TPSA) is 86.6 Å². The van der Waals surface area contributed by atoms with Crippen LogP contribution in [0.5, 0.6) is 0 Å². The van der Waals surface area contributed by atoms with E-state index >= 15 is 0 Å². The van der Waals surface area contributed by atoms with Crippen LogP contribution in [0.15, 0.2) is 21.9 Å². The van der Waals surface area contributed by atoms with Gasteiger partial charge in [0.05, 0.1) is 9.43 Å². The van der Waals surface area contributed by atoms with E-state index in [2.05, 4.69) is 15.4 Å². The molecule has 4 N–H and O–H groups in total. The van der Waals surface area contributed by atoms with Crippen molar-refractivity contribution in [3.8, 4) is 0 Å². The maximum absolute atomic E-state index is 7.54. The van der Waals surface area contributed by atoms with Crippen LogP contribution < -0.4 is 11.2 Å². The molecule has 0 amide bonds. The predicted octanol–water partition coefficient (Wildman–Crippen LogP) is 1.30. The van der Waals surface area contributed by atoms with Crippen LogP contribution in [0.2, 0.25) is 0 Å². The highest BCUT2D eigenvalue weighted by Crippen LogP contribution is 2.08. The fraction of sp³-hybridized carbons (Fsp3) is 0.444. The molecule has 0 aliphatic carbocycles. The molecule has 0 radical (unpaired) electrons. The predicted molar refractivity (Wildman–Crippen MR) is 74.2 cm³/mol. The molecule has 0 heterocycles.